The molecule has 0 saturated carbocycles. The highest BCUT2D eigenvalue weighted by Crippen LogP contribution is 2.22. The second-order valence-electron chi connectivity index (χ2n) is 4.03. The molecule has 1 saturated heterocycles. The maximum Gasteiger partial charge on any atom is 0.217 e. The van der Waals surface area contributed by atoms with E-state index in [1.807, 2.05) is 0 Å². The molecule has 106 valence electrons. The maximum atomic E-state index is 11.1. The van der Waals surface area contributed by atoms with Crippen LogP contribution in [-0.2, 0) is 14.3 Å². The van der Waals surface area contributed by atoms with E-state index in [1.165, 1.54) is 6.92 Å². The van der Waals surface area contributed by atoms with Crippen molar-refractivity contribution in [2.24, 2.45) is 0 Å². The summed E-state index contributed by atoms with van der Waals surface area (Å²) in [6, 6.07) is -0.889. The number of carbonyl (C=O) groups is 1. The van der Waals surface area contributed by atoms with Gasteiger partial charge in [-0.25, -0.2) is 0 Å². The highest BCUT2D eigenvalue weighted by molar-refractivity contribution is 7.80. The largest absolute Gasteiger partial charge is 0.394 e. The van der Waals surface area contributed by atoms with Gasteiger partial charge in [-0.2, -0.15) is 12.6 Å². The molecule has 18 heavy (non-hydrogen) atoms. The topological polar surface area (TPSA) is 108 Å². The van der Waals surface area contributed by atoms with E-state index in [0.29, 0.717) is 5.75 Å². The van der Waals surface area contributed by atoms with Crippen LogP contribution in [0.2, 0.25) is 0 Å². The van der Waals surface area contributed by atoms with Crippen molar-refractivity contribution in [3.63, 3.8) is 0 Å². The number of thiol groups is 1. The van der Waals surface area contributed by atoms with Gasteiger partial charge in [0.1, 0.15) is 24.4 Å². The smallest absolute Gasteiger partial charge is 0.217 e. The van der Waals surface area contributed by atoms with Crippen LogP contribution < -0.4 is 5.32 Å². The van der Waals surface area contributed by atoms with E-state index in [4.69, 9.17) is 14.6 Å². The van der Waals surface area contributed by atoms with Crippen LogP contribution in [0.5, 0.6) is 0 Å². The first-order valence-electron chi connectivity index (χ1n) is 5.63. The fourth-order valence-corrected chi connectivity index (χ4v) is 1.89. The van der Waals surface area contributed by atoms with Gasteiger partial charge in [0.25, 0.3) is 0 Å². The molecule has 1 heterocycles. The van der Waals surface area contributed by atoms with Gasteiger partial charge in [-0.05, 0) is 0 Å². The van der Waals surface area contributed by atoms with Crippen LogP contribution in [-0.4, -0.2) is 70.8 Å². The molecule has 1 aliphatic heterocycles. The van der Waals surface area contributed by atoms with Crippen molar-refractivity contribution in [1.82, 2.24) is 5.32 Å². The van der Waals surface area contributed by atoms with E-state index in [9.17, 15) is 15.0 Å². The summed E-state index contributed by atoms with van der Waals surface area (Å²) in [6.45, 7) is 1.09. The van der Waals surface area contributed by atoms with Crippen LogP contribution in [0.1, 0.15) is 6.92 Å². The Kier molecular flexibility index (Phi) is 6.33. The number of nitrogens with one attached hydrogen (secondary N) is 1. The average molecular weight is 281 g/mol. The summed E-state index contributed by atoms with van der Waals surface area (Å²) in [5.41, 5.74) is 0. The third-order valence-corrected chi connectivity index (χ3v) is 2.81. The van der Waals surface area contributed by atoms with Crippen molar-refractivity contribution in [3.8, 4) is 0 Å². The minimum absolute atomic E-state index is 0.255. The van der Waals surface area contributed by atoms with Crippen molar-refractivity contribution >= 4 is 18.5 Å². The lowest BCUT2D eigenvalue weighted by molar-refractivity contribution is -0.268. The SMILES string of the molecule is CC(=O)N[C@H]1[C@H](OCCS)O[C@H](CO)[C@H](O)[C@@H]1O. The van der Waals surface area contributed by atoms with E-state index < -0.39 is 37.3 Å². The van der Waals surface area contributed by atoms with Crippen molar-refractivity contribution in [1.29, 1.82) is 0 Å². The Bertz CT molecular complexity index is 279. The lowest BCUT2D eigenvalue weighted by Gasteiger charge is -2.42. The van der Waals surface area contributed by atoms with Crippen LogP contribution >= 0.6 is 12.6 Å². The Hall–Kier alpha value is -0.380. The zero-order chi connectivity index (χ0) is 13.7. The molecule has 1 rings (SSSR count). The molecule has 0 bridgehead atoms. The van der Waals surface area contributed by atoms with Crippen LogP contribution in [0.4, 0.5) is 0 Å². The first-order valence-corrected chi connectivity index (χ1v) is 6.26. The predicted octanol–water partition coefficient (Wildman–Crippen LogP) is -2.12. The molecule has 0 unspecified atom stereocenters. The van der Waals surface area contributed by atoms with E-state index >= 15 is 0 Å². The summed E-state index contributed by atoms with van der Waals surface area (Å²) in [6.07, 6.45) is -4.45. The Balaban J connectivity index is 2.76. The molecular formula is C10H19NO6S. The normalized spacial score (nSPS) is 36.4. The Morgan fingerprint density at radius 2 is 2.11 bits per heavy atom. The third kappa shape index (κ3) is 3.81. The molecule has 0 radical (unpaired) electrons. The second kappa shape index (κ2) is 7.27. The number of rotatable bonds is 5. The summed E-state index contributed by atoms with van der Waals surface area (Å²) in [5, 5.41) is 31.1. The summed E-state index contributed by atoms with van der Waals surface area (Å²) >= 11 is 3.98. The van der Waals surface area contributed by atoms with Gasteiger partial charge < -0.3 is 30.1 Å². The minimum Gasteiger partial charge on any atom is -0.394 e. The number of carbonyl (C=O) groups excluding carboxylic acids is 1. The molecule has 0 aromatic carbocycles. The monoisotopic (exact) mass is 281 g/mol. The Morgan fingerprint density at radius 1 is 1.44 bits per heavy atom. The van der Waals surface area contributed by atoms with Crippen LogP contribution in [0.3, 0.4) is 0 Å². The van der Waals surface area contributed by atoms with Crippen molar-refractivity contribution in [3.05, 3.63) is 0 Å². The van der Waals surface area contributed by atoms with E-state index in [-0.39, 0.29) is 12.5 Å². The number of aliphatic hydroxyl groups excluding tert-OH is 3. The Morgan fingerprint density at radius 3 is 2.61 bits per heavy atom. The van der Waals surface area contributed by atoms with E-state index in [0.717, 1.165) is 0 Å². The Labute approximate surface area is 110 Å². The van der Waals surface area contributed by atoms with E-state index in [1.54, 1.807) is 0 Å². The number of aliphatic hydroxyl groups is 3. The highest BCUT2D eigenvalue weighted by atomic mass is 32.1. The van der Waals surface area contributed by atoms with Crippen LogP contribution in [0, 0.1) is 0 Å². The molecule has 7 nitrogen and oxygen atoms in total. The van der Waals surface area contributed by atoms with Gasteiger partial charge in [-0.3, -0.25) is 4.79 Å². The van der Waals surface area contributed by atoms with Gasteiger partial charge in [0.05, 0.1) is 13.2 Å². The molecule has 5 atom stereocenters. The first-order chi connectivity index (χ1) is 8.51. The number of hydrogen-bond acceptors (Lipinski definition) is 7. The quantitative estimate of drug-likeness (QED) is 0.369. The first kappa shape index (κ1) is 15.7. The summed E-state index contributed by atoms with van der Waals surface area (Å²) < 4.78 is 10.6. The third-order valence-electron chi connectivity index (χ3n) is 2.62. The standard InChI is InChI=1S/C10H19NO6S/c1-5(13)11-7-9(15)8(14)6(4-12)17-10(7)16-2-3-18/h6-10,12,14-15,18H,2-4H2,1H3,(H,11,13)/t6-,7-,8+,9-,10-/m1/s1. The molecule has 0 aromatic rings. The average Bonchev–Trinajstić information content (AvgIpc) is 2.33. The minimum atomic E-state index is -1.29. The molecule has 1 fully saturated rings. The highest BCUT2D eigenvalue weighted by Gasteiger charge is 2.45. The summed E-state index contributed by atoms with van der Waals surface area (Å²) in [5.74, 6) is 0.0616. The fraction of sp³-hybridized carbons (Fsp3) is 0.900. The number of ether oxygens (including phenoxy) is 2. The maximum absolute atomic E-state index is 11.1. The van der Waals surface area contributed by atoms with Crippen molar-refractivity contribution in [2.45, 2.75) is 37.6 Å². The summed E-state index contributed by atoms with van der Waals surface area (Å²) in [4.78, 5) is 11.1. The van der Waals surface area contributed by atoms with Gasteiger partial charge >= 0.3 is 0 Å². The van der Waals surface area contributed by atoms with E-state index in [2.05, 4.69) is 17.9 Å². The summed E-state index contributed by atoms with van der Waals surface area (Å²) in [7, 11) is 0. The van der Waals surface area contributed by atoms with Gasteiger partial charge in [-0.15, -0.1) is 0 Å². The zero-order valence-corrected chi connectivity index (χ0v) is 10.9. The van der Waals surface area contributed by atoms with Gasteiger partial charge in [0.2, 0.25) is 5.91 Å². The zero-order valence-electron chi connectivity index (χ0n) is 10.0. The number of amides is 1. The van der Waals surface area contributed by atoms with Crippen molar-refractivity contribution < 1.29 is 29.6 Å². The molecule has 8 heteroatoms. The van der Waals surface area contributed by atoms with Crippen LogP contribution in [0.15, 0.2) is 0 Å². The van der Waals surface area contributed by atoms with Crippen LogP contribution in [0.25, 0.3) is 0 Å². The molecule has 1 amide bonds. The molecule has 0 spiro atoms. The van der Waals surface area contributed by atoms with Gasteiger partial charge in [-0.1, -0.05) is 0 Å². The van der Waals surface area contributed by atoms with Gasteiger partial charge in [0.15, 0.2) is 6.29 Å². The molecule has 1 aliphatic rings. The van der Waals surface area contributed by atoms with Crippen molar-refractivity contribution in [2.75, 3.05) is 19.0 Å². The second-order valence-corrected chi connectivity index (χ2v) is 4.47. The lowest BCUT2D eigenvalue weighted by Crippen LogP contribution is -2.64. The molecular weight excluding hydrogens is 262 g/mol. The predicted molar refractivity (Wildman–Crippen MR) is 65.2 cm³/mol. The molecule has 0 aliphatic carbocycles. The lowest BCUT2D eigenvalue weighted by atomic mass is 9.97. The fourth-order valence-electron chi connectivity index (χ4n) is 1.78. The molecule has 0 aromatic heterocycles. The molecule has 4 N–H and O–H groups in total. The van der Waals surface area contributed by atoms with Gasteiger partial charge in [0, 0.05) is 12.7 Å². The number of hydrogen-bond donors (Lipinski definition) is 5.